The molecule has 1 fully saturated rings. The Hall–Kier alpha value is -3.98. The van der Waals surface area contributed by atoms with Crippen LogP contribution in [-0.4, -0.2) is 60.5 Å². The summed E-state index contributed by atoms with van der Waals surface area (Å²) in [5.41, 5.74) is 6.64. The fraction of sp³-hybridized carbons (Fsp3) is 0.342. The minimum Gasteiger partial charge on any atom is -0.488 e. The summed E-state index contributed by atoms with van der Waals surface area (Å²) >= 11 is 10.5. The van der Waals surface area contributed by atoms with Crippen LogP contribution in [-0.2, 0) is 19.8 Å². The highest BCUT2D eigenvalue weighted by Crippen LogP contribution is 2.38. The molecule has 1 aromatic heterocycles. The van der Waals surface area contributed by atoms with Crippen LogP contribution >= 0.6 is 27.5 Å². The number of ether oxygens (including phenoxy) is 2. The van der Waals surface area contributed by atoms with E-state index in [1.165, 1.54) is 38.3 Å². The summed E-state index contributed by atoms with van der Waals surface area (Å²) in [4.78, 5) is 6.66. The molecule has 0 aliphatic carbocycles. The number of hydrogen-bond donors (Lipinski definition) is 4. The molecule has 0 unspecified atom stereocenters. The van der Waals surface area contributed by atoms with Gasteiger partial charge in [0.1, 0.15) is 30.8 Å². The lowest BCUT2D eigenvalue weighted by Crippen LogP contribution is -2.20. The van der Waals surface area contributed by atoms with Crippen molar-refractivity contribution in [2.24, 2.45) is 0 Å². The first-order valence-electron chi connectivity index (χ1n) is 16.6. The maximum atomic E-state index is 9.24. The molecule has 1 saturated heterocycles. The van der Waals surface area contributed by atoms with Crippen molar-refractivity contribution in [3.05, 3.63) is 104 Å². The Kier molecular flexibility index (Phi) is 13.8. The van der Waals surface area contributed by atoms with E-state index < -0.39 is 0 Å². The molecule has 1 aliphatic rings. The second kappa shape index (κ2) is 18.7. The van der Waals surface area contributed by atoms with Crippen LogP contribution < -0.4 is 20.1 Å². The van der Waals surface area contributed by atoms with Gasteiger partial charge < -0.3 is 35.5 Å². The van der Waals surface area contributed by atoms with Gasteiger partial charge in [0.15, 0.2) is 0 Å². The van der Waals surface area contributed by atoms with E-state index in [1.807, 2.05) is 36.4 Å². The lowest BCUT2D eigenvalue weighted by molar-refractivity contribution is 0.282. The number of aliphatic hydroxyl groups is 1. The number of likely N-dealkylation sites (tertiary alicyclic amines) is 1. The first kappa shape index (κ1) is 36.3. The van der Waals surface area contributed by atoms with Crippen molar-refractivity contribution in [2.45, 2.75) is 45.4 Å². The minimum absolute atomic E-state index is 0.00671. The molecular formula is C38H42BrClN6O3. The topological polar surface area (TPSA) is 127 Å². The van der Waals surface area contributed by atoms with Gasteiger partial charge in [0.2, 0.25) is 0 Å². The Morgan fingerprint density at radius 1 is 0.980 bits per heavy atom. The van der Waals surface area contributed by atoms with Gasteiger partial charge in [-0.25, -0.2) is 0 Å². The number of nitrogens with one attached hydrogen (secondary N) is 3. The van der Waals surface area contributed by atoms with Gasteiger partial charge in [-0.2, -0.15) is 5.26 Å². The van der Waals surface area contributed by atoms with E-state index in [9.17, 15) is 10.4 Å². The molecule has 4 aromatic rings. The van der Waals surface area contributed by atoms with Gasteiger partial charge in [-0.3, -0.25) is 4.98 Å². The predicted molar refractivity (Wildman–Crippen MR) is 199 cm³/mol. The SMILES string of the molecule is N#Cc1cncc(COc2cc(OCc3cccc(-c4cccc(NCCCCN5CCCC5)c4C=N)c3Br)c(Cl)cc2CNCCO)c1. The average Bonchev–Trinajstić information content (AvgIpc) is 3.65. The van der Waals surface area contributed by atoms with Crippen LogP contribution in [0.3, 0.4) is 0 Å². The third-order valence-electron chi connectivity index (χ3n) is 8.46. The van der Waals surface area contributed by atoms with Crippen molar-refractivity contribution in [2.75, 3.05) is 44.6 Å². The lowest BCUT2D eigenvalue weighted by Gasteiger charge is -2.18. The first-order valence-corrected chi connectivity index (χ1v) is 17.8. The summed E-state index contributed by atoms with van der Waals surface area (Å²) in [7, 11) is 0. The van der Waals surface area contributed by atoms with Crippen LogP contribution in [0.25, 0.3) is 11.1 Å². The van der Waals surface area contributed by atoms with Crippen LogP contribution in [0.2, 0.25) is 5.02 Å². The van der Waals surface area contributed by atoms with E-state index in [2.05, 4.69) is 42.5 Å². The standard InChI is InChI=1S/C38H42BrClN6O3/c39-38-29(7-5-9-32(38)31-8-6-10-35(33(31)21-42)45-11-1-2-13-46-14-3-4-15-46)26-49-37-19-36(30(18-34(37)40)24-43-12-16-47)48-25-28-17-27(20-41)22-44-23-28/h5-10,17-19,21-23,42-43,45,47H,1-4,11-16,24-26H2. The summed E-state index contributed by atoms with van der Waals surface area (Å²) in [5.74, 6) is 1.02. The van der Waals surface area contributed by atoms with Crippen molar-refractivity contribution in [1.29, 1.82) is 10.7 Å². The molecule has 1 aliphatic heterocycles. The second-order valence-electron chi connectivity index (χ2n) is 11.9. The lowest BCUT2D eigenvalue weighted by atomic mass is 9.97. The molecule has 3 aromatic carbocycles. The van der Waals surface area contributed by atoms with Gasteiger partial charge >= 0.3 is 0 Å². The van der Waals surface area contributed by atoms with Crippen molar-refractivity contribution >= 4 is 39.4 Å². The summed E-state index contributed by atoms with van der Waals surface area (Å²) in [6.07, 6.45) is 9.46. The van der Waals surface area contributed by atoms with Gasteiger partial charge in [0.05, 0.1) is 17.2 Å². The Bertz CT molecular complexity index is 1760. The molecule has 0 atom stereocenters. The number of aromatic nitrogens is 1. The summed E-state index contributed by atoms with van der Waals surface area (Å²) in [6.45, 7) is 5.76. The van der Waals surface area contributed by atoms with Crippen LogP contribution in [0.1, 0.15) is 53.5 Å². The Labute approximate surface area is 301 Å². The van der Waals surface area contributed by atoms with Gasteiger partial charge in [-0.05, 0) is 90.6 Å². The number of unbranched alkanes of at least 4 members (excludes halogenated alkanes) is 1. The third-order valence-corrected chi connectivity index (χ3v) is 9.69. The van der Waals surface area contributed by atoms with Gasteiger partial charge in [0.25, 0.3) is 0 Å². The molecule has 256 valence electrons. The highest BCUT2D eigenvalue weighted by molar-refractivity contribution is 9.10. The molecule has 9 nitrogen and oxygen atoms in total. The predicted octanol–water partition coefficient (Wildman–Crippen LogP) is 7.56. The third kappa shape index (κ3) is 10.0. The maximum absolute atomic E-state index is 9.24. The van der Waals surface area contributed by atoms with Crippen LogP contribution in [0, 0.1) is 16.7 Å². The minimum atomic E-state index is 0.00671. The van der Waals surface area contributed by atoms with Crippen LogP contribution in [0.5, 0.6) is 11.5 Å². The van der Waals surface area contributed by atoms with E-state index in [-0.39, 0.29) is 19.8 Å². The van der Waals surface area contributed by atoms with Crippen molar-refractivity contribution in [1.82, 2.24) is 15.2 Å². The number of aliphatic hydroxyl groups excluding tert-OH is 1. The number of anilines is 1. The molecule has 0 radical (unpaired) electrons. The molecule has 2 heterocycles. The molecule has 0 spiro atoms. The number of rotatable bonds is 18. The number of pyridine rings is 1. The number of hydrogen-bond acceptors (Lipinski definition) is 9. The quantitative estimate of drug-likeness (QED) is 0.0608. The molecule has 49 heavy (non-hydrogen) atoms. The highest BCUT2D eigenvalue weighted by atomic mass is 79.9. The number of benzene rings is 3. The molecule has 0 saturated carbocycles. The van der Waals surface area contributed by atoms with E-state index >= 15 is 0 Å². The van der Waals surface area contributed by atoms with Gasteiger partial charge in [-0.1, -0.05) is 41.9 Å². The Morgan fingerprint density at radius 2 is 1.78 bits per heavy atom. The zero-order chi connectivity index (χ0) is 34.4. The molecule has 5 rings (SSSR count). The molecule has 4 N–H and O–H groups in total. The van der Waals surface area contributed by atoms with E-state index in [0.29, 0.717) is 35.2 Å². The molecule has 0 amide bonds. The van der Waals surface area contributed by atoms with Crippen LogP contribution in [0.15, 0.2) is 71.5 Å². The molecular weight excluding hydrogens is 704 g/mol. The van der Waals surface area contributed by atoms with E-state index in [4.69, 9.17) is 26.5 Å². The molecule has 11 heteroatoms. The summed E-state index contributed by atoms with van der Waals surface area (Å²) in [6, 6.07) is 19.5. The highest BCUT2D eigenvalue weighted by Gasteiger charge is 2.16. The van der Waals surface area contributed by atoms with Crippen molar-refractivity contribution < 1.29 is 14.6 Å². The zero-order valence-electron chi connectivity index (χ0n) is 27.5. The smallest absolute Gasteiger partial charge is 0.142 e. The van der Waals surface area contributed by atoms with E-state index in [1.54, 1.807) is 24.4 Å². The number of nitriles is 1. The monoisotopic (exact) mass is 744 g/mol. The number of nitrogens with zero attached hydrogens (tertiary/aromatic N) is 3. The maximum Gasteiger partial charge on any atom is 0.142 e. The largest absolute Gasteiger partial charge is 0.488 e. The second-order valence-corrected chi connectivity index (χ2v) is 13.1. The molecule has 0 bridgehead atoms. The van der Waals surface area contributed by atoms with Gasteiger partial charge in [-0.15, -0.1) is 0 Å². The van der Waals surface area contributed by atoms with Gasteiger partial charge in [0, 0.05) is 76.7 Å². The fourth-order valence-electron chi connectivity index (χ4n) is 5.90. The summed E-state index contributed by atoms with van der Waals surface area (Å²) in [5, 5.41) is 33.9. The van der Waals surface area contributed by atoms with E-state index in [0.717, 1.165) is 69.5 Å². The van der Waals surface area contributed by atoms with Crippen molar-refractivity contribution in [3.63, 3.8) is 0 Å². The average molecular weight is 746 g/mol. The van der Waals surface area contributed by atoms with Crippen molar-refractivity contribution in [3.8, 4) is 28.7 Å². The Morgan fingerprint density at radius 3 is 2.57 bits per heavy atom. The first-order chi connectivity index (χ1) is 24.0. The fourth-order valence-corrected chi connectivity index (χ4v) is 6.74. The number of halogens is 2. The zero-order valence-corrected chi connectivity index (χ0v) is 29.8. The van der Waals surface area contributed by atoms with Crippen LogP contribution in [0.4, 0.5) is 5.69 Å². The normalized spacial score (nSPS) is 12.9. The Balaban J connectivity index is 1.29. The summed E-state index contributed by atoms with van der Waals surface area (Å²) < 4.78 is 13.3.